The molecule has 0 aliphatic carbocycles. The van der Waals surface area contributed by atoms with Gasteiger partial charge in [0, 0.05) is 12.8 Å². The molecule has 1 aromatic carbocycles. The number of allylic oxidation sites excluding steroid dienone is 2. The minimum Gasteiger partial charge on any atom is -0.504 e. The van der Waals surface area contributed by atoms with Crippen molar-refractivity contribution in [3.05, 3.63) is 35.9 Å². The van der Waals surface area contributed by atoms with E-state index in [0.29, 0.717) is 36.7 Å². The summed E-state index contributed by atoms with van der Waals surface area (Å²) in [5.74, 6) is 1.55. The van der Waals surface area contributed by atoms with E-state index in [0.717, 1.165) is 24.8 Å². The topological polar surface area (TPSA) is 46.5 Å². The molecule has 0 fully saturated rings. The molecule has 1 N–H and O–H groups in total. The Morgan fingerprint density at radius 3 is 2.78 bits per heavy atom. The number of methoxy groups -OCH3 is 1. The zero-order valence-corrected chi connectivity index (χ0v) is 14.7. The van der Waals surface area contributed by atoms with Crippen molar-refractivity contribution in [2.45, 2.75) is 58.8 Å². The lowest BCUT2D eigenvalue weighted by Gasteiger charge is -2.06. The standard InChI is InChI=1S/C20H30O3/c1-4-16(2)9-7-5-6-8-10-18(21)13-11-17-12-14-19(22)20(15-17)23-3/h7,9,12,14-16,22H,4-6,8,10-11,13H2,1-3H3/b9-7+. The smallest absolute Gasteiger partial charge is 0.160 e. The van der Waals surface area contributed by atoms with Gasteiger partial charge < -0.3 is 9.84 Å². The number of benzene rings is 1. The largest absolute Gasteiger partial charge is 0.504 e. The van der Waals surface area contributed by atoms with Gasteiger partial charge in [-0.05, 0) is 49.3 Å². The van der Waals surface area contributed by atoms with Gasteiger partial charge in [-0.1, -0.05) is 38.5 Å². The second-order valence-electron chi connectivity index (χ2n) is 6.10. The fraction of sp³-hybridized carbons (Fsp3) is 0.550. The number of aryl methyl sites for hydroxylation is 1. The van der Waals surface area contributed by atoms with Crippen LogP contribution in [-0.4, -0.2) is 18.0 Å². The molecule has 0 aliphatic rings. The molecule has 1 atom stereocenters. The molecule has 0 saturated heterocycles. The molecule has 0 heterocycles. The summed E-state index contributed by atoms with van der Waals surface area (Å²) in [4.78, 5) is 11.9. The third-order valence-electron chi connectivity index (χ3n) is 4.12. The maximum absolute atomic E-state index is 11.9. The molecule has 23 heavy (non-hydrogen) atoms. The first-order valence-corrected chi connectivity index (χ1v) is 8.61. The van der Waals surface area contributed by atoms with E-state index in [2.05, 4.69) is 26.0 Å². The third kappa shape index (κ3) is 7.87. The number of phenolic OH excluding ortho intramolecular Hbond substituents is 1. The van der Waals surface area contributed by atoms with Crippen molar-refractivity contribution in [3.63, 3.8) is 0 Å². The minimum atomic E-state index is 0.132. The van der Waals surface area contributed by atoms with Gasteiger partial charge in [-0.2, -0.15) is 0 Å². The van der Waals surface area contributed by atoms with Crippen LogP contribution in [0.3, 0.4) is 0 Å². The van der Waals surface area contributed by atoms with E-state index in [1.165, 1.54) is 13.5 Å². The van der Waals surface area contributed by atoms with Crippen LogP contribution in [0.2, 0.25) is 0 Å². The lowest BCUT2D eigenvalue weighted by molar-refractivity contribution is -0.119. The normalized spacial score (nSPS) is 12.5. The number of ketones is 1. The third-order valence-corrected chi connectivity index (χ3v) is 4.12. The molecule has 3 nitrogen and oxygen atoms in total. The molecule has 128 valence electrons. The van der Waals surface area contributed by atoms with Crippen molar-refractivity contribution < 1.29 is 14.6 Å². The molecule has 3 heteroatoms. The fourth-order valence-corrected chi connectivity index (χ4v) is 2.34. The molecule has 1 aromatic rings. The van der Waals surface area contributed by atoms with Crippen LogP contribution in [0, 0.1) is 5.92 Å². The van der Waals surface area contributed by atoms with Gasteiger partial charge >= 0.3 is 0 Å². The van der Waals surface area contributed by atoms with Crippen molar-refractivity contribution in [2.75, 3.05) is 7.11 Å². The summed E-state index contributed by atoms with van der Waals surface area (Å²) in [5, 5.41) is 9.55. The second-order valence-corrected chi connectivity index (χ2v) is 6.10. The molecular weight excluding hydrogens is 288 g/mol. The van der Waals surface area contributed by atoms with E-state index in [9.17, 15) is 9.90 Å². The van der Waals surface area contributed by atoms with Crippen molar-refractivity contribution in [3.8, 4) is 11.5 Å². The first-order valence-electron chi connectivity index (χ1n) is 8.61. The maximum Gasteiger partial charge on any atom is 0.160 e. The highest BCUT2D eigenvalue weighted by atomic mass is 16.5. The lowest BCUT2D eigenvalue weighted by atomic mass is 10.0. The summed E-state index contributed by atoms with van der Waals surface area (Å²) >= 11 is 0. The van der Waals surface area contributed by atoms with Crippen molar-refractivity contribution in [1.29, 1.82) is 0 Å². The van der Waals surface area contributed by atoms with Gasteiger partial charge in [0.2, 0.25) is 0 Å². The average molecular weight is 318 g/mol. The molecule has 1 rings (SSSR count). The van der Waals surface area contributed by atoms with Crippen LogP contribution in [0.1, 0.15) is 57.9 Å². The van der Waals surface area contributed by atoms with Crippen LogP contribution < -0.4 is 4.74 Å². The Morgan fingerprint density at radius 2 is 2.09 bits per heavy atom. The molecule has 0 aromatic heterocycles. The molecule has 1 unspecified atom stereocenters. The van der Waals surface area contributed by atoms with Gasteiger partial charge in [-0.3, -0.25) is 4.79 Å². The Labute approximate surface area is 140 Å². The number of Topliss-reactive ketones (excluding diaryl/α,β-unsaturated/α-hetero) is 1. The molecule has 0 saturated carbocycles. The van der Waals surface area contributed by atoms with Gasteiger partial charge in [0.1, 0.15) is 5.78 Å². The second kappa shape index (κ2) is 10.9. The number of ether oxygens (including phenoxy) is 1. The van der Waals surface area contributed by atoms with E-state index in [1.54, 1.807) is 12.1 Å². The van der Waals surface area contributed by atoms with E-state index in [4.69, 9.17) is 4.74 Å². The number of carbonyl (C=O) groups excluding carboxylic acids is 1. The predicted molar refractivity (Wildman–Crippen MR) is 95.0 cm³/mol. The van der Waals surface area contributed by atoms with Crippen LogP contribution in [0.5, 0.6) is 11.5 Å². The Bertz CT molecular complexity index is 506. The number of rotatable bonds is 11. The number of hydrogen-bond donors (Lipinski definition) is 1. The Hall–Kier alpha value is -1.77. The first-order chi connectivity index (χ1) is 11.1. The highest BCUT2D eigenvalue weighted by Gasteiger charge is 2.06. The zero-order chi connectivity index (χ0) is 17.1. The molecular formula is C20H30O3. The average Bonchev–Trinajstić information content (AvgIpc) is 2.56. The Kier molecular flexibility index (Phi) is 9.11. The predicted octanol–water partition coefficient (Wildman–Crippen LogP) is 5.07. The summed E-state index contributed by atoms with van der Waals surface area (Å²) in [5.41, 5.74) is 1.02. The molecule has 0 bridgehead atoms. The van der Waals surface area contributed by atoms with Gasteiger partial charge in [0.15, 0.2) is 11.5 Å². The van der Waals surface area contributed by atoms with Gasteiger partial charge in [0.05, 0.1) is 7.11 Å². The molecule has 0 radical (unpaired) electrons. The zero-order valence-electron chi connectivity index (χ0n) is 14.7. The number of phenols is 1. The van der Waals surface area contributed by atoms with Gasteiger partial charge in [-0.15, -0.1) is 0 Å². The SMILES string of the molecule is CCC(C)/C=C/CCCCC(=O)CCc1ccc(O)c(OC)c1. The summed E-state index contributed by atoms with van der Waals surface area (Å²) in [6.07, 6.45) is 10.7. The molecule has 0 spiro atoms. The van der Waals surface area contributed by atoms with Crippen molar-refractivity contribution in [1.82, 2.24) is 0 Å². The van der Waals surface area contributed by atoms with E-state index in [-0.39, 0.29) is 5.75 Å². The Balaban J connectivity index is 2.21. The van der Waals surface area contributed by atoms with Gasteiger partial charge in [0.25, 0.3) is 0 Å². The van der Waals surface area contributed by atoms with Crippen LogP contribution in [-0.2, 0) is 11.2 Å². The van der Waals surface area contributed by atoms with Crippen LogP contribution in [0.4, 0.5) is 0 Å². The molecule has 0 amide bonds. The van der Waals surface area contributed by atoms with E-state index in [1.807, 2.05) is 6.07 Å². The minimum absolute atomic E-state index is 0.132. The lowest BCUT2D eigenvalue weighted by Crippen LogP contribution is -2.00. The van der Waals surface area contributed by atoms with Crippen molar-refractivity contribution >= 4 is 5.78 Å². The van der Waals surface area contributed by atoms with Crippen LogP contribution in [0.25, 0.3) is 0 Å². The van der Waals surface area contributed by atoms with E-state index < -0.39 is 0 Å². The number of carbonyl (C=O) groups is 1. The highest BCUT2D eigenvalue weighted by molar-refractivity contribution is 5.78. The van der Waals surface area contributed by atoms with Crippen LogP contribution >= 0.6 is 0 Å². The summed E-state index contributed by atoms with van der Waals surface area (Å²) in [6, 6.07) is 5.25. The summed E-state index contributed by atoms with van der Waals surface area (Å²) in [6.45, 7) is 4.41. The first kappa shape index (κ1) is 19.3. The maximum atomic E-state index is 11.9. The van der Waals surface area contributed by atoms with Gasteiger partial charge in [-0.25, -0.2) is 0 Å². The molecule has 0 aliphatic heterocycles. The summed E-state index contributed by atoms with van der Waals surface area (Å²) < 4.78 is 5.08. The van der Waals surface area contributed by atoms with Crippen LogP contribution in [0.15, 0.2) is 30.4 Å². The number of hydrogen-bond acceptors (Lipinski definition) is 3. The quantitative estimate of drug-likeness (QED) is 0.458. The number of aromatic hydroxyl groups is 1. The van der Waals surface area contributed by atoms with E-state index >= 15 is 0 Å². The fourth-order valence-electron chi connectivity index (χ4n) is 2.34. The van der Waals surface area contributed by atoms with Crippen molar-refractivity contribution in [2.24, 2.45) is 5.92 Å². The highest BCUT2D eigenvalue weighted by Crippen LogP contribution is 2.26. The Morgan fingerprint density at radius 1 is 1.30 bits per heavy atom. The monoisotopic (exact) mass is 318 g/mol. The summed E-state index contributed by atoms with van der Waals surface area (Å²) in [7, 11) is 1.53. The number of unbranched alkanes of at least 4 members (excludes halogenated alkanes) is 2.